The van der Waals surface area contributed by atoms with Crippen LogP contribution in [0.2, 0.25) is 5.15 Å². The molecule has 2 aromatic rings. The smallest absolute Gasteiger partial charge is 0.130 e. The average Bonchev–Trinajstić information content (AvgIpc) is 2.17. The van der Waals surface area contributed by atoms with E-state index in [0.717, 1.165) is 22.5 Å². The molecule has 0 atom stereocenters. The molecule has 2 nitrogen and oxygen atoms in total. The molecule has 0 saturated carbocycles. The molecule has 1 aromatic carbocycles. The number of pyridine rings is 1. The summed E-state index contributed by atoms with van der Waals surface area (Å²) in [5.74, 6) is 0. The fraction of sp³-hybridized carbons (Fsp3) is 0.0833. The number of nitrogen functional groups attached to an aromatic ring is 1. The Kier molecular flexibility index (Phi) is 2.60. The summed E-state index contributed by atoms with van der Waals surface area (Å²) in [7, 11) is 0. The lowest BCUT2D eigenvalue weighted by Crippen LogP contribution is -1.88. The summed E-state index contributed by atoms with van der Waals surface area (Å²) in [4.78, 5) is 4.26. The van der Waals surface area contributed by atoms with Crippen molar-refractivity contribution in [2.75, 3.05) is 5.73 Å². The standard InChI is InChI=1S/C12H11ClN2/c1-8-6-11(15-12(13)7-8)9-2-4-10(14)5-3-9/h2-7H,14H2,1H3. The summed E-state index contributed by atoms with van der Waals surface area (Å²) in [6.07, 6.45) is 0. The number of hydrogen-bond acceptors (Lipinski definition) is 2. The van der Waals surface area contributed by atoms with Crippen LogP contribution < -0.4 is 5.73 Å². The van der Waals surface area contributed by atoms with Gasteiger partial charge >= 0.3 is 0 Å². The van der Waals surface area contributed by atoms with Crippen molar-refractivity contribution >= 4 is 17.3 Å². The van der Waals surface area contributed by atoms with Crippen LogP contribution in [0.5, 0.6) is 0 Å². The van der Waals surface area contributed by atoms with Crippen LogP contribution in [0.1, 0.15) is 5.56 Å². The Balaban J connectivity index is 2.49. The molecule has 0 spiro atoms. The summed E-state index contributed by atoms with van der Waals surface area (Å²) in [6, 6.07) is 11.4. The van der Waals surface area contributed by atoms with Gasteiger partial charge in [-0.2, -0.15) is 0 Å². The lowest BCUT2D eigenvalue weighted by molar-refractivity contribution is 1.29. The van der Waals surface area contributed by atoms with E-state index in [-0.39, 0.29) is 0 Å². The van der Waals surface area contributed by atoms with Crippen molar-refractivity contribution < 1.29 is 0 Å². The van der Waals surface area contributed by atoms with Crippen LogP contribution in [0.25, 0.3) is 11.3 Å². The van der Waals surface area contributed by atoms with Gasteiger partial charge in [-0.25, -0.2) is 4.98 Å². The number of nitrogens with two attached hydrogens (primary N) is 1. The number of anilines is 1. The highest BCUT2D eigenvalue weighted by molar-refractivity contribution is 6.29. The molecule has 1 heterocycles. The largest absolute Gasteiger partial charge is 0.399 e. The zero-order valence-corrected chi connectivity index (χ0v) is 9.12. The van der Waals surface area contributed by atoms with E-state index in [9.17, 15) is 0 Å². The maximum Gasteiger partial charge on any atom is 0.130 e. The third-order valence-corrected chi connectivity index (χ3v) is 2.34. The number of benzene rings is 1. The normalized spacial score (nSPS) is 10.3. The summed E-state index contributed by atoms with van der Waals surface area (Å²) in [5.41, 5.74) is 9.36. The minimum atomic E-state index is 0.516. The van der Waals surface area contributed by atoms with Gasteiger partial charge in [-0.05, 0) is 36.8 Å². The lowest BCUT2D eigenvalue weighted by atomic mass is 10.1. The molecule has 1 aromatic heterocycles. The Labute approximate surface area is 93.7 Å². The van der Waals surface area contributed by atoms with E-state index in [1.165, 1.54) is 0 Å². The zero-order chi connectivity index (χ0) is 10.8. The van der Waals surface area contributed by atoms with Gasteiger partial charge in [0.15, 0.2) is 0 Å². The van der Waals surface area contributed by atoms with E-state index in [1.54, 1.807) is 0 Å². The highest BCUT2D eigenvalue weighted by atomic mass is 35.5. The summed E-state index contributed by atoms with van der Waals surface area (Å²) in [5, 5.41) is 0.516. The molecule has 0 bridgehead atoms. The van der Waals surface area contributed by atoms with Gasteiger partial charge in [0, 0.05) is 11.3 Å². The zero-order valence-electron chi connectivity index (χ0n) is 8.37. The molecule has 0 aliphatic carbocycles. The fourth-order valence-electron chi connectivity index (χ4n) is 1.43. The Morgan fingerprint density at radius 1 is 1.13 bits per heavy atom. The third-order valence-electron chi connectivity index (χ3n) is 2.14. The van der Waals surface area contributed by atoms with Crippen molar-refractivity contribution in [3.05, 3.63) is 47.1 Å². The van der Waals surface area contributed by atoms with E-state index < -0.39 is 0 Å². The van der Waals surface area contributed by atoms with Crippen LogP contribution in [0, 0.1) is 6.92 Å². The van der Waals surface area contributed by atoms with Crippen LogP contribution in [-0.4, -0.2) is 4.98 Å². The first-order chi connectivity index (χ1) is 7.15. The SMILES string of the molecule is Cc1cc(Cl)nc(-c2ccc(N)cc2)c1. The molecule has 76 valence electrons. The predicted octanol–water partition coefficient (Wildman–Crippen LogP) is 3.29. The second-order valence-electron chi connectivity index (χ2n) is 3.47. The molecular weight excluding hydrogens is 208 g/mol. The molecule has 2 rings (SSSR count). The van der Waals surface area contributed by atoms with Gasteiger partial charge in [-0.3, -0.25) is 0 Å². The molecule has 0 fully saturated rings. The Hall–Kier alpha value is -1.54. The van der Waals surface area contributed by atoms with Gasteiger partial charge in [0.05, 0.1) is 5.69 Å². The second-order valence-corrected chi connectivity index (χ2v) is 3.86. The Morgan fingerprint density at radius 3 is 2.40 bits per heavy atom. The average molecular weight is 219 g/mol. The minimum absolute atomic E-state index is 0.516. The van der Waals surface area contributed by atoms with Gasteiger partial charge in [0.2, 0.25) is 0 Å². The van der Waals surface area contributed by atoms with Crippen molar-refractivity contribution in [2.45, 2.75) is 6.92 Å². The monoisotopic (exact) mass is 218 g/mol. The van der Waals surface area contributed by atoms with E-state index in [4.69, 9.17) is 17.3 Å². The predicted molar refractivity (Wildman–Crippen MR) is 63.8 cm³/mol. The Bertz CT molecular complexity index is 457. The van der Waals surface area contributed by atoms with Crippen LogP contribution in [0.15, 0.2) is 36.4 Å². The summed E-state index contributed by atoms with van der Waals surface area (Å²) >= 11 is 5.90. The highest BCUT2D eigenvalue weighted by Crippen LogP contribution is 2.21. The molecule has 0 aliphatic rings. The third kappa shape index (κ3) is 2.28. The number of nitrogens with zero attached hydrogens (tertiary/aromatic N) is 1. The first-order valence-electron chi connectivity index (χ1n) is 4.65. The molecular formula is C12H11ClN2. The van der Waals surface area contributed by atoms with E-state index in [2.05, 4.69) is 4.98 Å². The number of aryl methyl sites for hydroxylation is 1. The number of rotatable bonds is 1. The van der Waals surface area contributed by atoms with Crippen molar-refractivity contribution in [3.8, 4) is 11.3 Å². The van der Waals surface area contributed by atoms with Gasteiger partial charge < -0.3 is 5.73 Å². The lowest BCUT2D eigenvalue weighted by Gasteiger charge is -2.03. The van der Waals surface area contributed by atoms with Crippen LogP contribution >= 0.6 is 11.6 Å². The Morgan fingerprint density at radius 2 is 1.80 bits per heavy atom. The van der Waals surface area contributed by atoms with Crippen LogP contribution in [-0.2, 0) is 0 Å². The first-order valence-corrected chi connectivity index (χ1v) is 5.03. The highest BCUT2D eigenvalue weighted by Gasteiger charge is 2.01. The van der Waals surface area contributed by atoms with Crippen LogP contribution in [0.3, 0.4) is 0 Å². The summed E-state index contributed by atoms with van der Waals surface area (Å²) in [6.45, 7) is 1.99. The van der Waals surface area contributed by atoms with E-state index in [0.29, 0.717) is 5.15 Å². The maximum atomic E-state index is 5.90. The molecule has 0 amide bonds. The van der Waals surface area contributed by atoms with Crippen molar-refractivity contribution in [1.82, 2.24) is 4.98 Å². The van der Waals surface area contributed by atoms with E-state index >= 15 is 0 Å². The van der Waals surface area contributed by atoms with Gasteiger partial charge in [0.25, 0.3) is 0 Å². The van der Waals surface area contributed by atoms with Crippen molar-refractivity contribution in [2.24, 2.45) is 0 Å². The van der Waals surface area contributed by atoms with Gasteiger partial charge in [-0.1, -0.05) is 23.7 Å². The fourth-order valence-corrected chi connectivity index (χ4v) is 1.69. The first kappa shape index (κ1) is 9.99. The molecule has 3 heteroatoms. The van der Waals surface area contributed by atoms with Gasteiger partial charge in [0.1, 0.15) is 5.15 Å². The number of hydrogen-bond donors (Lipinski definition) is 1. The topological polar surface area (TPSA) is 38.9 Å². The second kappa shape index (κ2) is 3.91. The molecule has 0 radical (unpaired) electrons. The number of aromatic nitrogens is 1. The molecule has 15 heavy (non-hydrogen) atoms. The summed E-state index contributed by atoms with van der Waals surface area (Å²) < 4.78 is 0. The molecule has 2 N–H and O–H groups in total. The van der Waals surface area contributed by atoms with Gasteiger partial charge in [-0.15, -0.1) is 0 Å². The molecule has 0 saturated heterocycles. The van der Waals surface area contributed by atoms with Crippen LogP contribution in [0.4, 0.5) is 5.69 Å². The quantitative estimate of drug-likeness (QED) is 0.589. The molecule has 0 unspecified atom stereocenters. The van der Waals surface area contributed by atoms with E-state index in [1.807, 2.05) is 43.3 Å². The molecule has 0 aliphatic heterocycles. The van der Waals surface area contributed by atoms with Crippen molar-refractivity contribution in [3.63, 3.8) is 0 Å². The maximum absolute atomic E-state index is 5.90. The van der Waals surface area contributed by atoms with Crippen molar-refractivity contribution in [1.29, 1.82) is 0 Å². The minimum Gasteiger partial charge on any atom is -0.399 e. The number of halogens is 1.